The van der Waals surface area contributed by atoms with Crippen LogP contribution in [-0.2, 0) is 5.41 Å². The largest absolute Gasteiger partial charge is 0.309 e. The standard InChI is InChI=1S/C47H32N4/c1-47(2)39-20-18-32(27-38(39)46-33-10-4-3-9-29(33)15-19-40(46)47)50-41-13-7-5-11-34(41)36-25-30(16-21-43(36)50)31-17-22-44-37(26-31)35-12-6-8-14-42(35)51(44)45-28-48-23-24-49-45/h3-28H,1-2H3. The van der Waals surface area contributed by atoms with Crippen molar-refractivity contribution < 1.29 is 0 Å². The lowest BCUT2D eigenvalue weighted by atomic mass is 9.82. The van der Waals surface area contributed by atoms with Gasteiger partial charge in [0.05, 0.1) is 28.3 Å². The van der Waals surface area contributed by atoms with Gasteiger partial charge in [0.1, 0.15) is 0 Å². The highest BCUT2D eigenvalue weighted by molar-refractivity contribution is 6.13. The lowest BCUT2D eigenvalue weighted by Crippen LogP contribution is -2.14. The fourth-order valence-corrected chi connectivity index (χ4v) is 8.89. The molecule has 240 valence electrons. The number of rotatable bonds is 3. The first kappa shape index (κ1) is 28.3. The third-order valence-electron chi connectivity index (χ3n) is 11.3. The molecule has 0 fully saturated rings. The van der Waals surface area contributed by atoms with E-state index in [2.05, 4.69) is 172 Å². The van der Waals surface area contributed by atoms with Crippen molar-refractivity contribution in [1.29, 1.82) is 0 Å². The van der Waals surface area contributed by atoms with E-state index in [4.69, 9.17) is 0 Å². The van der Waals surface area contributed by atoms with Crippen LogP contribution in [0.1, 0.15) is 25.0 Å². The Labute approximate surface area is 294 Å². The van der Waals surface area contributed by atoms with E-state index >= 15 is 0 Å². The smallest absolute Gasteiger partial charge is 0.156 e. The monoisotopic (exact) mass is 652 g/mol. The molecule has 3 aromatic heterocycles. The molecule has 0 bridgehead atoms. The van der Waals surface area contributed by atoms with Crippen LogP contribution >= 0.6 is 0 Å². The van der Waals surface area contributed by atoms with E-state index in [1.807, 2.05) is 6.20 Å². The van der Waals surface area contributed by atoms with Gasteiger partial charge in [-0.25, -0.2) is 4.98 Å². The number of hydrogen-bond donors (Lipinski definition) is 0. The van der Waals surface area contributed by atoms with Crippen molar-refractivity contribution in [3.05, 3.63) is 169 Å². The summed E-state index contributed by atoms with van der Waals surface area (Å²) in [6.45, 7) is 4.72. The van der Waals surface area contributed by atoms with Gasteiger partial charge in [-0.1, -0.05) is 105 Å². The van der Waals surface area contributed by atoms with E-state index in [1.54, 1.807) is 12.4 Å². The minimum absolute atomic E-state index is 0.0646. The molecule has 4 heteroatoms. The Balaban J connectivity index is 1.10. The van der Waals surface area contributed by atoms with Crippen LogP contribution in [-0.4, -0.2) is 19.1 Å². The molecule has 0 amide bonds. The first-order valence-corrected chi connectivity index (χ1v) is 17.6. The molecule has 0 radical (unpaired) electrons. The lowest BCUT2D eigenvalue weighted by Gasteiger charge is -2.22. The Morgan fingerprint density at radius 3 is 1.80 bits per heavy atom. The number of hydrogen-bond acceptors (Lipinski definition) is 2. The molecule has 1 aliphatic carbocycles. The van der Waals surface area contributed by atoms with Gasteiger partial charge in [-0.05, 0) is 92.7 Å². The van der Waals surface area contributed by atoms with Crippen LogP contribution < -0.4 is 0 Å². The molecule has 3 heterocycles. The first-order chi connectivity index (χ1) is 25.1. The van der Waals surface area contributed by atoms with Crippen molar-refractivity contribution in [3.63, 3.8) is 0 Å². The first-order valence-electron chi connectivity index (χ1n) is 17.6. The maximum Gasteiger partial charge on any atom is 0.156 e. The molecule has 0 spiro atoms. The third-order valence-corrected chi connectivity index (χ3v) is 11.3. The van der Waals surface area contributed by atoms with Gasteiger partial charge in [0, 0.05) is 45.0 Å². The maximum atomic E-state index is 4.64. The highest BCUT2D eigenvalue weighted by atomic mass is 15.1. The Bertz CT molecular complexity index is 3050. The molecule has 0 saturated heterocycles. The highest BCUT2D eigenvalue weighted by Crippen LogP contribution is 2.52. The summed E-state index contributed by atoms with van der Waals surface area (Å²) in [5, 5.41) is 7.50. The summed E-state index contributed by atoms with van der Waals surface area (Å²) in [7, 11) is 0. The van der Waals surface area contributed by atoms with Crippen LogP contribution in [0.3, 0.4) is 0 Å². The van der Waals surface area contributed by atoms with Gasteiger partial charge in [0.15, 0.2) is 5.82 Å². The predicted octanol–water partition coefficient (Wildman–Crippen LogP) is 11.8. The highest BCUT2D eigenvalue weighted by Gasteiger charge is 2.36. The fraction of sp³-hybridized carbons (Fsp3) is 0.0638. The summed E-state index contributed by atoms with van der Waals surface area (Å²) in [6.07, 6.45) is 5.29. The van der Waals surface area contributed by atoms with Crippen LogP contribution in [0.2, 0.25) is 0 Å². The average molecular weight is 653 g/mol. The zero-order valence-electron chi connectivity index (χ0n) is 28.3. The molecule has 11 rings (SSSR count). The van der Waals surface area contributed by atoms with Gasteiger partial charge in [-0.3, -0.25) is 9.55 Å². The predicted molar refractivity (Wildman–Crippen MR) is 211 cm³/mol. The minimum Gasteiger partial charge on any atom is -0.309 e. The Hall–Kier alpha value is -6.52. The topological polar surface area (TPSA) is 35.6 Å². The Morgan fingerprint density at radius 1 is 0.490 bits per heavy atom. The van der Waals surface area contributed by atoms with Gasteiger partial charge in [-0.15, -0.1) is 0 Å². The van der Waals surface area contributed by atoms with Crippen molar-refractivity contribution in [2.75, 3.05) is 0 Å². The van der Waals surface area contributed by atoms with Crippen molar-refractivity contribution >= 4 is 54.4 Å². The lowest BCUT2D eigenvalue weighted by molar-refractivity contribution is 0.661. The molecule has 0 N–H and O–H groups in total. The van der Waals surface area contributed by atoms with E-state index in [9.17, 15) is 0 Å². The molecule has 51 heavy (non-hydrogen) atoms. The number of fused-ring (bicyclic) bond motifs is 11. The van der Waals surface area contributed by atoms with Crippen LogP contribution in [0.25, 0.3) is 88.1 Å². The van der Waals surface area contributed by atoms with Crippen molar-refractivity contribution in [1.82, 2.24) is 19.1 Å². The summed E-state index contributed by atoms with van der Waals surface area (Å²) in [4.78, 5) is 9.00. The van der Waals surface area contributed by atoms with Gasteiger partial charge in [-0.2, -0.15) is 0 Å². The van der Waals surface area contributed by atoms with Crippen molar-refractivity contribution in [2.24, 2.45) is 0 Å². The van der Waals surface area contributed by atoms with E-state index in [-0.39, 0.29) is 5.41 Å². The second-order valence-electron chi connectivity index (χ2n) is 14.3. The second kappa shape index (κ2) is 10.3. The van der Waals surface area contributed by atoms with Gasteiger partial charge < -0.3 is 4.57 Å². The zero-order chi connectivity index (χ0) is 33.8. The fourth-order valence-electron chi connectivity index (χ4n) is 8.89. The van der Waals surface area contributed by atoms with E-state index in [0.29, 0.717) is 0 Å². The summed E-state index contributed by atoms with van der Waals surface area (Å²) < 4.78 is 4.65. The molecular formula is C47H32N4. The molecule has 4 nitrogen and oxygen atoms in total. The second-order valence-corrected chi connectivity index (χ2v) is 14.3. The summed E-state index contributed by atoms with van der Waals surface area (Å²) in [6, 6.07) is 51.6. The quantitative estimate of drug-likeness (QED) is 0.190. The van der Waals surface area contributed by atoms with Crippen molar-refractivity contribution in [2.45, 2.75) is 19.3 Å². The van der Waals surface area contributed by atoms with Crippen LogP contribution in [0.5, 0.6) is 0 Å². The Morgan fingerprint density at radius 2 is 1.10 bits per heavy atom. The van der Waals surface area contributed by atoms with Gasteiger partial charge >= 0.3 is 0 Å². The van der Waals surface area contributed by atoms with Crippen LogP contribution in [0.4, 0.5) is 0 Å². The average Bonchev–Trinajstić information content (AvgIpc) is 3.77. The van der Waals surface area contributed by atoms with E-state index in [0.717, 1.165) is 16.9 Å². The molecule has 0 saturated carbocycles. The molecule has 1 aliphatic rings. The Kier molecular flexibility index (Phi) is 5.70. The van der Waals surface area contributed by atoms with E-state index < -0.39 is 0 Å². The van der Waals surface area contributed by atoms with E-state index in [1.165, 1.54) is 82.4 Å². The SMILES string of the molecule is CC1(C)c2ccc(-n3c4ccccc4c4cc(-c5ccc6c(c5)c5ccccc5n6-c5cnccn5)ccc43)cc2-c2c1ccc1ccccc21. The number of para-hydroxylation sites is 2. The maximum absolute atomic E-state index is 4.64. The molecule has 10 aromatic rings. The summed E-state index contributed by atoms with van der Waals surface area (Å²) in [5.74, 6) is 0.817. The van der Waals surface area contributed by atoms with Gasteiger partial charge in [0.2, 0.25) is 0 Å². The number of nitrogens with zero attached hydrogens (tertiary/aromatic N) is 4. The van der Waals surface area contributed by atoms with Crippen molar-refractivity contribution in [3.8, 4) is 33.8 Å². The van der Waals surface area contributed by atoms with Gasteiger partial charge in [0.25, 0.3) is 0 Å². The molecule has 7 aromatic carbocycles. The zero-order valence-corrected chi connectivity index (χ0v) is 28.3. The molecule has 0 unspecified atom stereocenters. The summed E-state index contributed by atoms with van der Waals surface area (Å²) in [5.41, 5.74) is 13.6. The van der Waals surface area contributed by atoms with Crippen LogP contribution in [0, 0.1) is 0 Å². The normalized spacial score (nSPS) is 13.5. The van der Waals surface area contributed by atoms with Crippen LogP contribution in [0.15, 0.2) is 158 Å². The molecule has 0 aliphatic heterocycles. The molecular weight excluding hydrogens is 621 g/mol. The number of benzene rings is 7. The summed E-state index contributed by atoms with van der Waals surface area (Å²) >= 11 is 0. The minimum atomic E-state index is -0.0646. The third kappa shape index (κ3) is 3.90. The number of aromatic nitrogens is 4. The molecule has 0 atom stereocenters.